The van der Waals surface area contributed by atoms with Gasteiger partial charge in [0.15, 0.2) is 0 Å². The van der Waals surface area contributed by atoms with Crippen molar-refractivity contribution in [2.75, 3.05) is 0 Å². The number of non-ortho nitro benzene ring substituents is 1. The van der Waals surface area contributed by atoms with Gasteiger partial charge in [-0.1, -0.05) is 13.0 Å². The number of amides is 2. The number of benzene rings is 2. The number of nitrogens with zero attached hydrogens (tertiary/aromatic N) is 3. The summed E-state index contributed by atoms with van der Waals surface area (Å²) in [7, 11) is 0. The first-order valence-corrected chi connectivity index (χ1v) is 9.18. The highest BCUT2D eigenvalue weighted by atomic mass is 16.6. The minimum Gasteiger partial charge on any atom is -0.460 e. The fourth-order valence-electron chi connectivity index (χ4n) is 3.80. The summed E-state index contributed by atoms with van der Waals surface area (Å²) < 4.78 is 5.74. The van der Waals surface area contributed by atoms with E-state index in [1.165, 1.54) is 30.5 Å². The number of furan rings is 1. The van der Waals surface area contributed by atoms with Crippen LogP contribution in [0.1, 0.15) is 51.5 Å². The SMILES string of the molecule is C[C@@H]1C[C@@H]1c1ccc(/C=N\N2C(=O)c3cccc4c([N+](=O)[O-])ccc(c34)C2=O)o1. The second-order valence-corrected chi connectivity index (χ2v) is 7.34. The van der Waals surface area contributed by atoms with Crippen molar-refractivity contribution in [3.63, 3.8) is 0 Å². The molecule has 2 amide bonds. The largest absolute Gasteiger partial charge is 0.460 e. The average molecular weight is 389 g/mol. The van der Waals surface area contributed by atoms with Gasteiger partial charge in [0, 0.05) is 17.4 Å². The molecule has 8 nitrogen and oxygen atoms in total. The van der Waals surface area contributed by atoms with Gasteiger partial charge in [0.2, 0.25) is 0 Å². The van der Waals surface area contributed by atoms with Gasteiger partial charge in [-0.25, -0.2) is 0 Å². The number of hydrogen-bond donors (Lipinski definition) is 0. The normalized spacial score (nSPS) is 20.7. The predicted octanol–water partition coefficient (Wildman–Crippen LogP) is 4.09. The van der Waals surface area contributed by atoms with Crippen LogP contribution < -0.4 is 0 Å². The molecule has 0 N–H and O–H groups in total. The summed E-state index contributed by atoms with van der Waals surface area (Å²) in [5.41, 5.74) is 0.246. The summed E-state index contributed by atoms with van der Waals surface area (Å²) in [6, 6.07) is 10.9. The maximum absolute atomic E-state index is 12.9. The zero-order chi connectivity index (χ0) is 20.3. The Morgan fingerprint density at radius 2 is 1.86 bits per heavy atom. The number of rotatable bonds is 4. The van der Waals surface area contributed by atoms with E-state index in [2.05, 4.69) is 12.0 Å². The van der Waals surface area contributed by atoms with E-state index in [9.17, 15) is 19.7 Å². The molecule has 0 bridgehead atoms. The summed E-state index contributed by atoms with van der Waals surface area (Å²) in [6.07, 6.45) is 2.42. The zero-order valence-electron chi connectivity index (χ0n) is 15.4. The molecule has 1 aliphatic heterocycles. The fourth-order valence-corrected chi connectivity index (χ4v) is 3.80. The van der Waals surface area contributed by atoms with E-state index in [1.54, 1.807) is 12.1 Å². The third kappa shape index (κ3) is 2.64. The second kappa shape index (κ2) is 6.10. The van der Waals surface area contributed by atoms with E-state index >= 15 is 0 Å². The Kier molecular flexibility index (Phi) is 3.64. The van der Waals surface area contributed by atoms with Crippen LogP contribution in [0.15, 0.2) is 52.0 Å². The van der Waals surface area contributed by atoms with Crippen LogP contribution >= 0.6 is 0 Å². The molecule has 144 valence electrons. The summed E-state index contributed by atoms with van der Waals surface area (Å²) in [5.74, 6) is 1.07. The molecule has 3 aromatic rings. The fraction of sp³-hybridized carbons (Fsp3) is 0.190. The van der Waals surface area contributed by atoms with Gasteiger partial charge in [0.25, 0.3) is 17.5 Å². The van der Waals surface area contributed by atoms with Crippen LogP contribution in [0.3, 0.4) is 0 Å². The molecule has 1 aromatic heterocycles. The van der Waals surface area contributed by atoms with Gasteiger partial charge in [-0.15, -0.1) is 0 Å². The van der Waals surface area contributed by atoms with Crippen molar-refractivity contribution in [2.45, 2.75) is 19.3 Å². The first-order valence-electron chi connectivity index (χ1n) is 9.18. The molecule has 1 fully saturated rings. The van der Waals surface area contributed by atoms with Crippen molar-refractivity contribution in [3.8, 4) is 0 Å². The first kappa shape index (κ1) is 17.3. The number of nitro benzene ring substituents is 1. The molecule has 1 saturated carbocycles. The Balaban J connectivity index is 1.52. The highest BCUT2D eigenvalue weighted by Gasteiger charge is 2.37. The molecule has 2 aliphatic rings. The Bertz CT molecular complexity index is 1220. The number of carbonyl (C=O) groups excluding carboxylic acids is 2. The third-order valence-corrected chi connectivity index (χ3v) is 5.48. The minimum atomic E-state index is -0.632. The van der Waals surface area contributed by atoms with Crippen LogP contribution in [0.2, 0.25) is 0 Å². The van der Waals surface area contributed by atoms with Crippen molar-refractivity contribution in [2.24, 2.45) is 11.0 Å². The van der Waals surface area contributed by atoms with Crippen LogP contribution in [0.25, 0.3) is 10.8 Å². The Morgan fingerprint density at radius 3 is 2.55 bits per heavy atom. The molecule has 2 aromatic carbocycles. The predicted molar refractivity (Wildman–Crippen MR) is 104 cm³/mol. The minimum absolute atomic E-state index is 0.152. The standard InChI is InChI=1S/C21H15N3O5/c1-11-9-16(11)18-8-5-12(29-18)10-22-23-20(25)14-4-2-3-13-17(24(27)28)7-6-15(19(13)14)21(23)26/h2-8,10-11,16H,9H2,1H3/b22-10-/t11-,16+/m1/s1. The zero-order valence-corrected chi connectivity index (χ0v) is 15.4. The molecular formula is C21H15N3O5. The van der Waals surface area contributed by atoms with Gasteiger partial charge < -0.3 is 4.42 Å². The number of nitro groups is 1. The van der Waals surface area contributed by atoms with Gasteiger partial charge in [-0.3, -0.25) is 19.7 Å². The smallest absolute Gasteiger partial charge is 0.282 e. The Hall–Kier alpha value is -3.81. The number of carbonyl (C=O) groups is 2. The highest BCUT2D eigenvalue weighted by Crippen LogP contribution is 2.47. The summed E-state index contributed by atoms with van der Waals surface area (Å²) in [6.45, 7) is 2.15. The quantitative estimate of drug-likeness (QED) is 0.289. The average Bonchev–Trinajstić information content (AvgIpc) is 3.25. The van der Waals surface area contributed by atoms with Crippen LogP contribution in [0.4, 0.5) is 5.69 Å². The monoisotopic (exact) mass is 389 g/mol. The maximum atomic E-state index is 12.9. The molecule has 0 spiro atoms. The highest BCUT2D eigenvalue weighted by molar-refractivity contribution is 6.26. The van der Waals surface area contributed by atoms with E-state index < -0.39 is 16.7 Å². The van der Waals surface area contributed by atoms with E-state index in [4.69, 9.17) is 4.42 Å². The molecule has 0 radical (unpaired) electrons. The second-order valence-electron chi connectivity index (χ2n) is 7.34. The van der Waals surface area contributed by atoms with Gasteiger partial charge >= 0.3 is 0 Å². The lowest BCUT2D eigenvalue weighted by molar-refractivity contribution is -0.383. The van der Waals surface area contributed by atoms with Crippen LogP contribution in [-0.4, -0.2) is 28.0 Å². The van der Waals surface area contributed by atoms with Crippen molar-refractivity contribution in [3.05, 3.63) is 75.2 Å². The van der Waals surface area contributed by atoms with Crippen molar-refractivity contribution >= 4 is 34.5 Å². The Morgan fingerprint density at radius 1 is 1.14 bits per heavy atom. The lowest BCUT2D eigenvalue weighted by atomic mass is 9.94. The molecule has 2 atom stereocenters. The molecule has 2 heterocycles. The van der Waals surface area contributed by atoms with E-state index in [-0.39, 0.29) is 27.6 Å². The van der Waals surface area contributed by atoms with Gasteiger partial charge in [-0.05, 0) is 42.7 Å². The number of imide groups is 1. The molecular weight excluding hydrogens is 374 g/mol. The van der Waals surface area contributed by atoms with Gasteiger partial charge in [0.1, 0.15) is 11.5 Å². The first-order chi connectivity index (χ1) is 14.0. The van der Waals surface area contributed by atoms with E-state index in [0.29, 0.717) is 17.6 Å². The number of hydrogen-bond acceptors (Lipinski definition) is 6. The number of hydrazone groups is 1. The van der Waals surface area contributed by atoms with Crippen molar-refractivity contribution in [1.29, 1.82) is 0 Å². The third-order valence-electron chi connectivity index (χ3n) is 5.48. The van der Waals surface area contributed by atoms with Gasteiger partial charge in [-0.2, -0.15) is 10.1 Å². The summed E-state index contributed by atoms with van der Waals surface area (Å²) >= 11 is 0. The van der Waals surface area contributed by atoms with Crippen molar-refractivity contribution in [1.82, 2.24) is 5.01 Å². The van der Waals surface area contributed by atoms with E-state index in [0.717, 1.165) is 17.2 Å². The molecule has 0 saturated heterocycles. The molecule has 29 heavy (non-hydrogen) atoms. The van der Waals surface area contributed by atoms with Crippen LogP contribution in [0.5, 0.6) is 0 Å². The topological polar surface area (TPSA) is 106 Å². The molecule has 5 rings (SSSR count). The summed E-state index contributed by atoms with van der Waals surface area (Å²) in [4.78, 5) is 36.5. The lowest BCUT2D eigenvalue weighted by Crippen LogP contribution is -2.36. The maximum Gasteiger partial charge on any atom is 0.282 e. The Labute approximate surface area is 164 Å². The molecule has 8 heteroatoms. The van der Waals surface area contributed by atoms with Crippen LogP contribution in [-0.2, 0) is 0 Å². The van der Waals surface area contributed by atoms with Crippen LogP contribution in [0, 0.1) is 16.0 Å². The summed E-state index contributed by atoms with van der Waals surface area (Å²) in [5, 5.41) is 16.7. The van der Waals surface area contributed by atoms with E-state index in [1.807, 2.05) is 6.07 Å². The van der Waals surface area contributed by atoms with Crippen molar-refractivity contribution < 1.29 is 18.9 Å². The van der Waals surface area contributed by atoms with Gasteiger partial charge in [0.05, 0.1) is 27.7 Å². The molecule has 1 aliphatic carbocycles. The lowest BCUT2D eigenvalue weighted by Gasteiger charge is -2.22. The molecule has 0 unspecified atom stereocenters.